The molecule has 0 spiro atoms. The molecule has 5 nitrogen and oxygen atoms in total. The van der Waals surface area contributed by atoms with Crippen LogP contribution < -0.4 is 5.73 Å². The highest BCUT2D eigenvalue weighted by Gasteiger charge is 2.08. The van der Waals surface area contributed by atoms with Crippen LogP contribution in [-0.4, -0.2) is 4.92 Å². The van der Waals surface area contributed by atoms with Crippen molar-refractivity contribution in [3.05, 3.63) is 39.9 Å². The number of non-ortho nitro benzene ring substituents is 1. The van der Waals surface area contributed by atoms with Crippen LogP contribution in [0.25, 0.3) is 0 Å². The molecule has 0 amide bonds. The third-order valence-electron chi connectivity index (χ3n) is 1.84. The highest BCUT2D eigenvalue weighted by atomic mass is 35.5. The van der Waals surface area contributed by atoms with Gasteiger partial charge in [-0.25, -0.2) is 0 Å². The average molecular weight is 228 g/mol. The smallest absolute Gasteiger partial charge is 0.269 e. The lowest BCUT2D eigenvalue weighted by Gasteiger charge is -2.06. The summed E-state index contributed by atoms with van der Waals surface area (Å²) in [6.07, 6.45) is 0.206. The lowest BCUT2D eigenvalue weighted by Crippen LogP contribution is -2.08. The molecular weight excluding hydrogens is 218 g/mol. The number of halogens is 1. The van der Waals surface area contributed by atoms with Crippen LogP contribution in [0.3, 0.4) is 0 Å². The van der Waals surface area contributed by atoms with Gasteiger partial charge in [0.1, 0.15) is 0 Å². The van der Waals surface area contributed by atoms with Crippen molar-refractivity contribution >= 4 is 18.1 Å². The highest BCUT2D eigenvalue weighted by molar-refractivity contribution is 5.85. The largest absolute Gasteiger partial charge is 0.323 e. The monoisotopic (exact) mass is 227 g/mol. The van der Waals surface area contributed by atoms with E-state index in [1.54, 1.807) is 12.1 Å². The Hall–Kier alpha value is -1.64. The van der Waals surface area contributed by atoms with Crippen molar-refractivity contribution in [3.63, 3.8) is 0 Å². The molecule has 0 saturated heterocycles. The Morgan fingerprint density at radius 2 is 2.00 bits per heavy atom. The lowest BCUT2D eigenvalue weighted by atomic mass is 10.1. The summed E-state index contributed by atoms with van der Waals surface area (Å²) in [6.45, 7) is 0. The van der Waals surface area contributed by atoms with Gasteiger partial charge >= 0.3 is 0 Å². The second-order valence-corrected chi connectivity index (χ2v) is 2.82. The second kappa shape index (κ2) is 5.96. The Bertz CT molecular complexity index is 372. The molecule has 0 bridgehead atoms. The van der Waals surface area contributed by atoms with Gasteiger partial charge in [-0.05, 0) is 5.56 Å². The molecule has 0 saturated carbocycles. The summed E-state index contributed by atoms with van der Waals surface area (Å²) in [7, 11) is 0. The van der Waals surface area contributed by atoms with Gasteiger partial charge in [-0.3, -0.25) is 10.1 Å². The van der Waals surface area contributed by atoms with Crippen molar-refractivity contribution in [3.8, 4) is 6.07 Å². The van der Waals surface area contributed by atoms with Crippen LogP contribution in [0.4, 0.5) is 5.69 Å². The van der Waals surface area contributed by atoms with Crippen LogP contribution in [-0.2, 0) is 0 Å². The van der Waals surface area contributed by atoms with E-state index in [2.05, 4.69) is 0 Å². The maximum Gasteiger partial charge on any atom is 0.269 e. The fourth-order valence-corrected chi connectivity index (χ4v) is 1.06. The molecule has 6 heteroatoms. The number of rotatable bonds is 3. The highest BCUT2D eigenvalue weighted by Crippen LogP contribution is 2.17. The molecule has 0 aliphatic carbocycles. The lowest BCUT2D eigenvalue weighted by molar-refractivity contribution is -0.384. The summed E-state index contributed by atoms with van der Waals surface area (Å²) < 4.78 is 0. The van der Waals surface area contributed by atoms with Gasteiger partial charge in [-0.1, -0.05) is 12.1 Å². The zero-order chi connectivity index (χ0) is 10.6. The van der Waals surface area contributed by atoms with Gasteiger partial charge in [0.2, 0.25) is 0 Å². The van der Waals surface area contributed by atoms with Gasteiger partial charge in [0.05, 0.1) is 17.4 Å². The Kier molecular flexibility index (Phi) is 5.31. The fourth-order valence-electron chi connectivity index (χ4n) is 1.06. The Labute approximate surface area is 93.1 Å². The van der Waals surface area contributed by atoms with E-state index in [9.17, 15) is 10.1 Å². The molecule has 0 aromatic heterocycles. The zero-order valence-electron chi connectivity index (χ0n) is 7.79. The second-order valence-electron chi connectivity index (χ2n) is 2.82. The number of hydrogen-bond donors (Lipinski definition) is 1. The Morgan fingerprint density at radius 3 is 2.40 bits per heavy atom. The molecule has 0 fully saturated rings. The molecule has 2 N–H and O–H groups in total. The number of nitrogens with two attached hydrogens (primary N) is 1. The van der Waals surface area contributed by atoms with Crippen molar-refractivity contribution in [2.75, 3.05) is 0 Å². The SMILES string of the molecule is Cl.N#CC[C@H](N)c1ccc([N+](=O)[O-])cc1. The van der Waals surface area contributed by atoms with E-state index in [0.717, 1.165) is 5.56 Å². The number of nitrogens with zero attached hydrogens (tertiary/aromatic N) is 2. The first kappa shape index (κ1) is 13.4. The van der Waals surface area contributed by atoms with E-state index < -0.39 is 4.92 Å². The minimum atomic E-state index is -0.473. The van der Waals surface area contributed by atoms with Crippen molar-refractivity contribution in [1.82, 2.24) is 0 Å². The van der Waals surface area contributed by atoms with Gasteiger partial charge in [-0.15, -0.1) is 12.4 Å². The Balaban J connectivity index is 0.00000196. The zero-order valence-corrected chi connectivity index (χ0v) is 8.61. The number of benzene rings is 1. The molecule has 0 heterocycles. The number of nitro groups is 1. The fraction of sp³-hybridized carbons (Fsp3) is 0.222. The van der Waals surface area contributed by atoms with Gasteiger partial charge in [0, 0.05) is 18.2 Å². The standard InChI is InChI=1S/C9H9N3O2.ClH/c10-6-5-9(11)7-1-3-8(4-2-7)12(13)14;/h1-4,9H,5,11H2;1H/t9-;/m0./s1. The summed E-state index contributed by atoms with van der Waals surface area (Å²) in [6, 6.07) is 7.47. The number of nitro benzene ring substituents is 1. The molecule has 15 heavy (non-hydrogen) atoms. The quantitative estimate of drug-likeness (QED) is 0.631. The topological polar surface area (TPSA) is 93.0 Å². The van der Waals surface area contributed by atoms with Crippen LogP contribution >= 0.6 is 12.4 Å². The van der Waals surface area contributed by atoms with Crippen LogP contribution in [0.1, 0.15) is 18.0 Å². The van der Waals surface area contributed by atoms with Crippen molar-refractivity contribution < 1.29 is 4.92 Å². The van der Waals surface area contributed by atoms with Crippen LogP contribution in [0.2, 0.25) is 0 Å². The predicted octanol–water partition coefficient (Wildman–Crippen LogP) is 1.93. The van der Waals surface area contributed by atoms with Gasteiger partial charge in [0.25, 0.3) is 5.69 Å². The maximum atomic E-state index is 10.3. The first-order valence-electron chi connectivity index (χ1n) is 4.02. The minimum Gasteiger partial charge on any atom is -0.323 e. The van der Waals surface area contributed by atoms with E-state index in [0.29, 0.717) is 0 Å². The molecule has 80 valence electrons. The van der Waals surface area contributed by atoms with Crippen LogP contribution in [0.15, 0.2) is 24.3 Å². The normalized spacial score (nSPS) is 10.9. The van der Waals surface area contributed by atoms with E-state index in [-0.39, 0.29) is 30.6 Å². The van der Waals surface area contributed by atoms with Crippen LogP contribution in [0, 0.1) is 21.4 Å². The van der Waals surface area contributed by atoms with Crippen molar-refractivity contribution in [2.24, 2.45) is 5.73 Å². The van der Waals surface area contributed by atoms with E-state index >= 15 is 0 Å². The molecule has 0 unspecified atom stereocenters. The van der Waals surface area contributed by atoms with Crippen LogP contribution in [0.5, 0.6) is 0 Å². The van der Waals surface area contributed by atoms with Gasteiger partial charge < -0.3 is 5.73 Å². The minimum absolute atomic E-state index is 0. The summed E-state index contributed by atoms with van der Waals surface area (Å²) in [5.74, 6) is 0. The molecule has 1 aromatic carbocycles. The van der Waals surface area contributed by atoms with E-state index in [4.69, 9.17) is 11.0 Å². The molecule has 0 aliphatic rings. The average Bonchev–Trinajstić information content (AvgIpc) is 2.18. The summed E-state index contributed by atoms with van der Waals surface area (Å²) in [4.78, 5) is 9.86. The first-order chi connectivity index (χ1) is 6.65. The van der Waals surface area contributed by atoms with Gasteiger partial charge in [-0.2, -0.15) is 5.26 Å². The molecular formula is C9H10ClN3O2. The number of hydrogen-bond acceptors (Lipinski definition) is 4. The third-order valence-corrected chi connectivity index (χ3v) is 1.84. The van der Waals surface area contributed by atoms with Crippen molar-refractivity contribution in [2.45, 2.75) is 12.5 Å². The van der Waals surface area contributed by atoms with Crippen molar-refractivity contribution in [1.29, 1.82) is 5.26 Å². The third kappa shape index (κ3) is 3.54. The molecule has 0 aliphatic heterocycles. The summed E-state index contributed by atoms with van der Waals surface area (Å²) in [5.41, 5.74) is 6.40. The van der Waals surface area contributed by atoms with E-state index in [1.807, 2.05) is 6.07 Å². The van der Waals surface area contributed by atoms with Gasteiger partial charge in [0.15, 0.2) is 0 Å². The number of nitriles is 1. The molecule has 0 radical (unpaired) electrons. The predicted molar refractivity (Wildman–Crippen MR) is 57.5 cm³/mol. The molecule has 1 rings (SSSR count). The van der Waals surface area contributed by atoms with E-state index in [1.165, 1.54) is 12.1 Å². The molecule has 1 aromatic rings. The summed E-state index contributed by atoms with van der Waals surface area (Å²) in [5, 5.41) is 18.7. The first-order valence-corrected chi connectivity index (χ1v) is 4.02. The maximum absolute atomic E-state index is 10.3. The Morgan fingerprint density at radius 1 is 1.47 bits per heavy atom. The molecule has 1 atom stereocenters. The summed E-state index contributed by atoms with van der Waals surface area (Å²) >= 11 is 0.